The lowest BCUT2D eigenvalue weighted by atomic mass is 10.2. The topological polar surface area (TPSA) is 66.9 Å². The van der Waals surface area contributed by atoms with Gasteiger partial charge in [-0.3, -0.25) is 0 Å². The van der Waals surface area contributed by atoms with Crippen molar-refractivity contribution in [1.29, 1.82) is 0 Å². The molecule has 0 atom stereocenters. The largest absolute Gasteiger partial charge is 0.445 e. The van der Waals surface area contributed by atoms with Gasteiger partial charge in [0.05, 0.1) is 5.75 Å². The molecule has 6 nitrogen and oxygen atoms in total. The van der Waals surface area contributed by atoms with Crippen molar-refractivity contribution in [3.8, 4) is 0 Å². The third-order valence-electron chi connectivity index (χ3n) is 4.29. The lowest BCUT2D eigenvalue weighted by Gasteiger charge is -2.33. The molecular formula is C19H22N2O4S. The Morgan fingerprint density at radius 3 is 1.96 bits per heavy atom. The predicted octanol–water partition coefficient (Wildman–Crippen LogP) is 2.47. The number of hydrogen-bond acceptors (Lipinski definition) is 4. The summed E-state index contributed by atoms with van der Waals surface area (Å²) < 4.78 is 31.8. The Kier molecular flexibility index (Phi) is 5.90. The highest BCUT2D eigenvalue weighted by molar-refractivity contribution is 7.88. The minimum Gasteiger partial charge on any atom is -0.445 e. The Bertz CT molecular complexity index is 817. The molecule has 0 bridgehead atoms. The molecule has 3 rings (SSSR count). The van der Waals surface area contributed by atoms with Gasteiger partial charge in [0.2, 0.25) is 10.0 Å². The van der Waals surface area contributed by atoms with Gasteiger partial charge in [0, 0.05) is 26.2 Å². The van der Waals surface area contributed by atoms with Gasteiger partial charge in [-0.2, -0.15) is 4.31 Å². The van der Waals surface area contributed by atoms with E-state index in [0.717, 1.165) is 11.1 Å². The van der Waals surface area contributed by atoms with E-state index in [1.165, 1.54) is 4.31 Å². The molecule has 0 spiro atoms. The Hall–Kier alpha value is -2.38. The van der Waals surface area contributed by atoms with Crippen LogP contribution in [0.25, 0.3) is 0 Å². The SMILES string of the molecule is O=C(OCc1ccccc1)N1CCN(S(=O)(=O)Cc2ccccc2)CC1. The Labute approximate surface area is 154 Å². The van der Waals surface area contributed by atoms with Crippen molar-refractivity contribution in [3.63, 3.8) is 0 Å². The minimum atomic E-state index is -3.39. The molecule has 0 aromatic heterocycles. The normalized spacial score (nSPS) is 15.6. The maximum Gasteiger partial charge on any atom is 0.410 e. The summed E-state index contributed by atoms with van der Waals surface area (Å²) in [6, 6.07) is 18.6. The van der Waals surface area contributed by atoms with Crippen molar-refractivity contribution < 1.29 is 17.9 Å². The second-order valence-corrected chi connectivity index (χ2v) is 8.14. The fourth-order valence-electron chi connectivity index (χ4n) is 2.84. The van der Waals surface area contributed by atoms with Crippen LogP contribution >= 0.6 is 0 Å². The highest BCUT2D eigenvalue weighted by Crippen LogP contribution is 2.14. The standard InChI is InChI=1S/C19H22N2O4S/c22-19(25-15-17-7-3-1-4-8-17)20-11-13-21(14-12-20)26(23,24)16-18-9-5-2-6-10-18/h1-10H,11-16H2. The number of carbonyl (C=O) groups excluding carboxylic acids is 1. The van der Waals surface area contributed by atoms with Crippen LogP contribution in [0.3, 0.4) is 0 Å². The summed E-state index contributed by atoms with van der Waals surface area (Å²) in [5.41, 5.74) is 1.68. The fourth-order valence-corrected chi connectivity index (χ4v) is 4.35. The third-order valence-corrected chi connectivity index (χ3v) is 6.14. The van der Waals surface area contributed by atoms with Crippen molar-refractivity contribution in [2.24, 2.45) is 0 Å². The lowest BCUT2D eigenvalue weighted by Crippen LogP contribution is -2.50. The average Bonchev–Trinajstić information content (AvgIpc) is 2.67. The molecule has 1 aliphatic rings. The summed E-state index contributed by atoms with van der Waals surface area (Å²) in [7, 11) is -3.39. The molecule has 7 heteroatoms. The predicted molar refractivity (Wildman–Crippen MR) is 98.8 cm³/mol. The van der Waals surface area contributed by atoms with Crippen LogP contribution in [0.15, 0.2) is 60.7 Å². The molecule has 138 valence electrons. The number of benzene rings is 2. The Morgan fingerprint density at radius 1 is 0.846 bits per heavy atom. The van der Waals surface area contributed by atoms with Crippen LogP contribution in [0.5, 0.6) is 0 Å². The van der Waals surface area contributed by atoms with Gasteiger partial charge in [-0.1, -0.05) is 60.7 Å². The van der Waals surface area contributed by atoms with Crippen LogP contribution in [0, 0.1) is 0 Å². The van der Waals surface area contributed by atoms with E-state index in [1.54, 1.807) is 17.0 Å². The molecule has 0 saturated carbocycles. The highest BCUT2D eigenvalue weighted by Gasteiger charge is 2.29. The zero-order valence-corrected chi connectivity index (χ0v) is 15.3. The van der Waals surface area contributed by atoms with E-state index in [2.05, 4.69) is 0 Å². The maximum absolute atomic E-state index is 12.5. The number of ether oxygens (including phenoxy) is 1. The van der Waals surface area contributed by atoms with Crippen molar-refractivity contribution in [1.82, 2.24) is 9.21 Å². The van der Waals surface area contributed by atoms with Gasteiger partial charge >= 0.3 is 6.09 Å². The zero-order chi connectivity index (χ0) is 18.4. The first-order valence-corrected chi connectivity index (χ1v) is 10.1. The average molecular weight is 374 g/mol. The first kappa shape index (κ1) is 18.4. The second-order valence-electron chi connectivity index (χ2n) is 6.17. The first-order chi connectivity index (χ1) is 12.5. The van der Waals surface area contributed by atoms with Gasteiger partial charge in [0.15, 0.2) is 0 Å². The molecule has 2 aromatic carbocycles. The second kappa shape index (κ2) is 8.33. The summed E-state index contributed by atoms with van der Waals surface area (Å²) in [6.07, 6.45) is -0.408. The van der Waals surface area contributed by atoms with E-state index in [4.69, 9.17) is 4.74 Å². The first-order valence-electron chi connectivity index (χ1n) is 8.52. The third kappa shape index (κ3) is 4.83. The van der Waals surface area contributed by atoms with Crippen LogP contribution in [-0.4, -0.2) is 49.9 Å². The van der Waals surface area contributed by atoms with E-state index in [-0.39, 0.29) is 25.4 Å². The Morgan fingerprint density at radius 2 is 1.38 bits per heavy atom. The van der Waals surface area contributed by atoms with Crippen LogP contribution in [0.4, 0.5) is 4.79 Å². The van der Waals surface area contributed by atoms with Crippen LogP contribution in [-0.2, 0) is 27.1 Å². The molecule has 0 radical (unpaired) electrons. The van der Waals surface area contributed by atoms with Gasteiger partial charge in [-0.15, -0.1) is 0 Å². The molecule has 2 aromatic rings. The summed E-state index contributed by atoms with van der Waals surface area (Å²) >= 11 is 0. The number of amides is 1. The van der Waals surface area contributed by atoms with Crippen molar-refractivity contribution >= 4 is 16.1 Å². The maximum atomic E-state index is 12.5. The van der Waals surface area contributed by atoms with E-state index in [9.17, 15) is 13.2 Å². The van der Waals surface area contributed by atoms with Crippen LogP contribution in [0.1, 0.15) is 11.1 Å². The molecule has 1 fully saturated rings. The summed E-state index contributed by atoms with van der Waals surface area (Å²) in [5.74, 6) is -0.0215. The number of piperazine rings is 1. The van der Waals surface area contributed by atoms with E-state index in [1.807, 2.05) is 48.5 Å². The smallest absolute Gasteiger partial charge is 0.410 e. The number of sulfonamides is 1. The monoisotopic (exact) mass is 374 g/mol. The van der Waals surface area contributed by atoms with Gasteiger partial charge in [0.25, 0.3) is 0 Å². The van der Waals surface area contributed by atoms with Gasteiger partial charge in [-0.25, -0.2) is 13.2 Å². The molecule has 1 amide bonds. The van der Waals surface area contributed by atoms with E-state index < -0.39 is 16.1 Å². The number of rotatable bonds is 5. The minimum absolute atomic E-state index is 0.0215. The van der Waals surface area contributed by atoms with E-state index >= 15 is 0 Å². The van der Waals surface area contributed by atoms with E-state index in [0.29, 0.717) is 13.1 Å². The highest BCUT2D eigenvalue weighted by atomic mass is 32.2. The Balaban J connectivity index is 1.49. The van der Waals surface area contributed by atoms with Crippen molar-refractivity contribution in [3.05, 3.63) is 71.8 Å². The van der Waals surface area contributed by atoms with Gasteiger partial charge < -0.3 is 9.64 Å². The molecule has 0 aliphatic carbocycles. The van der Waals surface area contributed by atoms with Crippen molar-refractivity contribution in [2.45, 2.75) is 12.4 Å². The zero-order valence-electron chi connectivity index (χ0n) is 14.5. The molecule has 0 N–H and O–H groups in total. The number of nitrogens with zero attached hydrogens (tertiary/aromatic N) is 2. The lowest BCUT2D eigenvalue weighted by molar-refractivity contribution is 0.0838. The van der Waals surface area contributed by atoms with Crippen LogP contribution in [0.2, 0.25) is 0 Å². The fraction of sp³-hybridized carbons (Fsp3) is 0.316. The van der Waals surface area contributed by atoms with Gasteiger partial charge in [-0.05, 0) is 11.1 Å². The number of carbonyl (C=O) groups is 1. The molecule has 1 saturated heterocycles. The summed E-state index contributed by atoms with van der Waals surface area (Å²) in [4.78, 5) is 13.7. The summed E-state index contributed by atoms with van der Waals surface area (Å²) in [5, 5.41) is 0. The van der Waals surface area contributed by atoms with Crippen LogP contribution < -0.4 is 0 Å². The molecule has 1 heterocycles. The molecule has 0 unspecified atom stereocenters. The number of hydrogen-bond donors (Lipinski definition) is 0. The molecular weight excluding hydrogens is 352 g/mol. The summed E-state index contributed by atoms with van der Waals surface area (Å²) in [6.45, 7) is 1.46. The molecule has 1 aliphatic heterocycles. The van der Waals surface area contributed by atoms with Gasteiger partial charge in [0.1, 0.15) is 6.61 Å². The quantitative estimate of drug-likeness (QED) is 0.806. The molecule has 26 heavy (non-hydrogen) atoms. The van der Waals surface area contributed by atoms with Crippen molar-refractivity contribution in [2.75, 3.05) is 26.2 Å².